The zero-order valence-corrected chi connectivity index (χ0v) is 15.1. The van der Waals surface area contributed by atoms with Crippen molar-refractivity contribution in [2.75, 3.05) is 26.2 Å². The Morgan fingerprint density at radius 2 is 1.96 bits per heavy atom. The second kappa shape index (κ2) is 6.45. The van der Waals surface area contributed by atoms with Crippen molar-refractivity contribution in [1.82, 2.24) is 24.7 Å². The highest BCUT2D eigenvalue weighted by molar-refractivity contribution is 9.10. The summed E-state index contributed by atoms with van der Waals surface area (Å²) >= 11 is 3.55. The summed E-state index contributed by atoms with van der Waals surface area (Å²) in [6, 6.07) is 1.68. The average molecular weight is 382 g/mol. The van der Waals surface area contributed by atoms with Crippen LogP contribution in [0.2, 0.25) is 0 Å². The van der Waals surface area contributed by atoms with Gasteiger partial charge in [-0.1, -0.05) is 5.16 Å². The van der Waals surface area contributed by atoms with Gasteiger partial charge in [-0.05, 0) is 36.7 Å². The van der Waals surface area contributed by atoms with Crippen molar-refractivity contribution in [2.24, 2.45) is 0 Å². The lowest BCUT2D eigenvalue weighted by atomic mass is 10.3. The molecule has 7 nitrogen and oxygen atoms in total. The van der Waals surface area contributed by atoms with Crippen LogP contribution in [0.25, 0.3) is 0 Å². The van der Waals surface area contributed by atoms with Crippen LogP contribution in [0, 0.1) is 20.8 Å². The summed E-state index contributed by atoms with van der Waals surface area (Å²) in [6.45, 7) is 9.58. The van der Waals surface area contributed by atoms with Gasteiger partial charge in [0.2, 0.25) is 5.76 Å². The van der Waals surface area contributed by atoms with E-state index in [9.17, 15) is 4.79 Å². The summed E-state index contributed by atoms with van der Waals surface area (Å²) in [4.78, 5) is 16.4. The molecule has 0 spiro atoms. The molecular formula is C15H20BrN5O2. The van der Waals surface area contributed by atoms with Gasteiger partial charge < -0.3 is 9.42 Å². The molecule has 0 saturated carbocycles. The van der Waals surface area contributed by atoms with Crippen molar-refractivity contribution in [3.05, 3.63) is 33.4 Å². The van der Waals surface area contributed by atoms with E-state index in [1.165, 1.54) is 0 Å². The Balaban J connectivity index is 1.58. The van der Waals surface area contributed by atoms with Gasteiger partial charge in [0.15, 0.2) is 0 Å². The number of rotatable bonds is 3. The van der Waals surface area contributed by atoms with Crippen molar-refractivity contribution >= 4 is 21.8 Å². The summed E-state index contributed by atoms with van der Waals surface area (Å²) < 4.78 is 8.12. The maximum atomic E-state index is 12.3. The Hall–Kier alpha value is -1.67. The molecule has 0 atom stereocenters. The van der Waals surface area contributed by atoms with Crippen molar-refractivity contribution in [3.63, 3.8) is 0 Å². The maximum Gasteiger partial charge on any atom is 0.292 e. The SMILES string of the molecule is Cc1cc(C(=O)N2CCN(Cn3nc(C)c(Br)c3C)CC2)on1. The van der Waals surface area contributed by atoms with Crippen LogP contribution in [0.4, 0.5) is 0 Å². The second-order valence-corrected chi connectivity index (χ2v) is 6.66. The van der Waals surface area contributed by atoms with E-state index < -0.39 is 0 Å². The Bertz CT molecular complexity index is 716. The first kappa shape index (κ1) is 16.2. The predicted molar refractivity (Wildman–Crippen MR) is 88.1 cm³/mol. The lowest BCUT2D eigenvalue weighted by Gasteiger charge is -2.34. The van der Waals surface area contributed by atoms with Gasteiger partial charge in [-0.2, -0.15) is 5.10 Å². The summed E-state index contributed by atoms with van der Waals surface area (Å²) in [7, 11) is 0. The molecule has 8 heteroatoms. The van der Waals surface area contributed by atoms with Gasteiger partial charge in [0, 0.05) is 32.2 Å². The third kappa shape index (κ3) is 3.32. The highest BCUT2D eigenvalue weighted by atomic mass is 79.9. The van der Waals surface area contributed by atoms with Gasteiger partial charge >= 0.3 is 0 Å². The molecule has 1 fully saturated rings. The fourth-order valence-electron chi connectivity index (χ4n) is 2.71. The number of hydrogen-bond acceptors (Lipinski definition) is 5. The molecule has 3 rings (SSSR count). The molecule has 0 N–H and O–H groups in total. The molecule has 0 radical (unpaired) electrons. The van der Waals surface area contributed by atoms with E-state index in [1.807, 2.05) is 23.4 Å². The van der Waals surface area contributed by atoms with Crippen molar-refractivity contribution in [1.29, 1.82) is 0 Å². The molecule has 1 saturated heterocycles. The summed E-state index contributed by atoms with van der Waals surface area (Å²) in [5.74, 6) is 0.234. The van der Waals surface area contributed by atoms with Crippen LogP contribution in [-0.4, -0.2) is 56.8 Å². The summed E-state index contributed by atoms with van der Waals surface area (Å²) in [5, 5.41) is 8.31. The molecule has 2 aromatic heterocycles. The third-order valence-electron chi connectivity index (χ3n) is 4.13. The molecule has 0 unspecified atom stereocenters. The molecule has 1 amide bonds. The smallest absolute Gasteiger partial charge is 0.292 e. The van der Waals surface area contributed by atoms with E-state index in [2.05, 4.69) is 38.0 Å². The standard InChI is InChI=1S/C15H20BrN5O2/c1-10-8-13(23-18-10)15(22)20-6-4-19(5-7-20)9-21-12(3)14(16)11(2)17-21/h8H,4-7,9H2,1-3H3. The molecule has 124 valence electrons. The van der Waals surface area contributed by atoms with Crippen LogP contribution in [0.5, 0.6) is 0 Å². The van der Waals surface area contributed by atoms with E-state index >= 15 is 0 Å². The minimum Gasteiger partial charge on any atom is -0.351 e. The van der Waals surface area contributed by atoms with Crippen LogP contribution in [0.15, 0.2) is 15.1 Å². The first-order valence-corrected chi connectivity index (χ1v) is 8.39. The summed E-state index contributed by atoms with van der Waals surface area (Å²) in [6.07, 6.45) is 0. The minimum absolute atomic E-state index is 0.0842. The number of nitrogens with zero attached hydrogens (tertiary/aromatic N) is 5. The number of hydrogen-bond donors (Lipinski definition) is 0. The predicted octanol–water partition coefficient (Wildman–Crippen LogP) is 1.97. The van der Waals surface area contributed by atoms with Crippen LogP contribution >= 0.6 is 15.9 Å². The molecule has 1 aliphatic heterocycles. The van der Waals surface area contributed by atoms with Crippen LogP contribution in [0.1, 0.15) is 27.6 Å². The van der Waals surface area contributed by atoms with E-state index in [0.29, 0.717) is 18.8 Å². The minimum atomic E-state index is -0.0842. The van der Waals surface area contributed by atoms with Gasteiger partial charge in [0.25, 0.3) is 5.91 Å². The van der Waals surface area contributed by atoms with Gasteiger partial charge in [-0.15, -0.1) is 0 Å². The number of aryl methyl sites for hydroxylation is 2. The van der Waals surface area contributed by atoms with Crippen molar-refractivity contribution < 1.29 is 9.32 Å². The number of halogens is 1. The molecule has 23 heavy (non-hydrogen) atoms. The molecule has 0 aromatic carbocycles. The van der Waals surface area contributed by atoms with Crippen LogP contribution in [-0.2, 0) is 6.67 Å². The highest BCUT2D eigenvalue weighted by Gasteiger charge is 2.25. The number of carbonyl (C=O) groups excluding carboxylic acids is 1. The molecular weight excluding hydrogens is 362 g/mol. The average Bonchev–Trinajstić information content (AvgIpc) is 3.07. The van der Waals surface area contributed by atoms with Gasteiger partial charge in [-0.3, -0.25) is 14.4 Å². The molecule has 1 aliphatic rings. The quantitative estimate of drug-likeness (QED) is 0.812. The fourth-order valence-corrected chi connectivity index (χ4v) is 3.00. The summed E-state index contributed by atoms with van der Waals surface area (Å²) in [5.41, 5.74) is 2.84. The Morgan fingerprint density at radius 3 is 2.48 bits per heavy atom. The van der Waals surface area contributed by atoms with Gasteiger partial charge in [0.05, 0.1) is 28.2 Å². The lowest BCUT2D eigenvalue weighted by Crippen LogP contribution is -2.49. The first-order valence-electron chi connectivity index (χ1n) is 7.60. The van der Waals surface area contributed by atoms with E-state index in [4.69, 9.17) is 4.52 Å². The van der Waals surface area contributed by atoms with Crippen molar-refractivity contribution in [2.45, 2.75) is 27.4 Å². The Morgan fingerprint density at radius 1 is 1.26 bits per heavy atom. The van der Waals surface area contributed by atoms with E-state index in [-0.39, 0.29) is 5.91 Å². The topological polar surface area (TPSA) is 67.4 Å². The Labute approximate surface area is 143 Å². The second-order valence-electron chi connectivity index (χ2n) is 5.87. The highest BCUT2D eigenvalue weighted by Crippen LogP contribution is 2.20. The molecule has 0 bridgehead atoms. The number of amides is 1. The maximum absolute atomic E-state index is 12.3. The largest absolute Gasteiger partial charge is 0.351 e. The van der Waals surface area contributed by atoms with E-state index in [1.54, 1.807) is 6.07 Å². The Kier molecular flexibility index (Phi) is 4.54. The third-order valence-corrected chi connectivity index (χ3v) is 5.27. The fraction of sp³-hybridized carbons (Fsp3) is 0.533. The van der Waals surface area contributed by atoms with Gasteiger partial charge in [-0.25, -0.2) is 0 Å². The zero-order valence-electron chi connectivity index (χ0n) is 13.5. The van der Waals surface area contributed by atoms with Crippen molar-refractivity contribution in [3.8, 4) is 0 Å². The number of carbonyl (C=O) groups is 1. The molecule has 2 aromatic rings. The number of aromatic nitrogens is 3. The lowest BCUT2D eigenvalue weighted by molar-refractivity contribution is 0.0547. The van der Waals surface area contributed by atoms with E-state index in [0.717, 1.165) is 41.3 Å². The van der Waals surface area contributed by atoms with Crippen LogP contribution < -0.4 is 0 Å². The monoisotopic (exact) mass is 381 g/mol. The normalized spacial score (nSPS) is 16.1. The van der Waals surface area contributed by atoms with Crippen LogP contribution in [0.3, 0.4) is 0 Å². The zero-order chi connectivity index (χ0) is 16.6. The molecule has 0 aliphatic carbocycles. The first-order chi connectivity index (χ1) is 11.0. The molecule has 3 heterocycles. The number of piperazine rings is 1. The van der Waals surface area contributed by atoms with Gasteiger partial charge in [0.1, 0.15) is 0 Å².